The molecule has 1 saturated heterocycles. The maximum absolute atomic E-state index is 10.7. The Morgan fingerprint density at radius 2 is 2.44 bits per heavy atom. The van der Waals surface area contributed by atoms with Gasteiger partial charge in [0.2, 0.25) is 0 Å². The Morgan fingerprint density at radius 1 is 1.62 bits per heavy atom. The average molecular weight is 239 g/mol. The predicted octanol–water partition coefficient (Wildman–Crippen LogP) is 2.73. The molecule has 0 radical (unpaired) electrons. The largest absolute Gasteiger partial charge is 0.383 e. The molecule has 1 fully saturated rings. The highest BCUT2D eigenvalue weighted by atomic mass is 32.1. The quantitative estimate of drug-likeness (QED) is 0.850. The van der Waals surface area contributed by atoms with Crippen molar-refractivity contribution in [2.24, 2.45) is 5.92 Å². The standard InChI is InChI=1S/C13H21NOS/c1-3-10-6-7-14-11(9-10)13(2,15)12-5-4-8-16-12/h4-5,8,10-11,14-15H,3,6-7,9H2,1-2H3. The highest BCUT2D eigenvalue weighted by Gasteiger charge is 2.37. The van der Waals surface area contributed by atoms with Crippen LogP contribution in [-0.4, -0.2) is 17.7 Å². The van der Waals surface area contributed by atoms with Crippen LogP contribution in [0.15, 0.2) is 17.5 Å². The van der Waals surface area contributed by atoms with Gasteiger partial charge in [0.05, 0.1) is 0 Å². The smallest absolute Gasteiger partial charge is 0.111 e. The second-order valence-corrected chi connectivity index (χ2v) is 5.88. The van der Waals surface area contributed by atoms with Gasteiger partial charge in [-0.15, -0.1) is 11.3 Å². The van der Waals surface area contributed by atoms with Gasteiger partial charge in [-0.25, -0.2) is 0 Å². The molecular formula is C13H21NOS. The van der Waals surface area contributed by atoms with E-state index in [4.69, 9.17) is 0 Å². The lowest BCUT2D eigenvalue weighted by molar-refractivity contribution is 0.0000823. The van der Waals surface area contributed by atoms with E-state index in [0.29, 0.717) is 0 Å². The number of rotatable bonds is 3. The molecule has 0 bridgehead atoms. The SMILES string of the molecule is CCC1CCNC(C(C)(O)c2cccs2)C1. The first kappa shape index (κ1) is 12.1. The first-order valence-electron chi connectivity index (χ1n) is 6.14. The summed E-state index contributed by atoms with van der Waals surface area (Å²) in [4.78, 5) is 1.07. The Hall–Kier alpha value is -0.380. The van der Waals surface area contributed by atoms with Gasteiger partial charge in [-0.3, -0.25) is 0 Å². The maximum atomic E-state index is 10.7. The second kappa shape index (κ2) is 4.86. The Bertz CT molecular complexity index is 321. The average Bonchev–Trinajstić information content (AvgIpc) is 2.83. The molecule has 16 heavy (non-hydrogen) atoms. The third kappa shape index (κ3) is 2.31. The van der Waals surface area contributed by atoms with Gasteiger partial charge in [0.15, 0.2) is 0 Å². The second-order valence-electron chi connectivity index (χ2n) is 4.93. The van der Waals surface area contributed by atoms with E-state index in [0.717, 1.165) is 23.8 Å². The summed E-state index contributed by atoms with van der Waals surface area (Å²) in [6, 6.07) is 4.24. The van der Waals surface area contributed by atoms with Gasteiger partial charge in [0.1, 0.15) is 5.60 Å². The molecule has 0 aliphatic carbocycles. The lowest BCUT2D eigenvalue weighted by Gasteiger charge is -2.38. The fourth-order valence-corrected chi connectivity index (χ4v) is 3.38. The van der Waals surface area contributed by atoms with E-state index >= 15 is 0 Å². The third-order valence-electron chi connectivity index (χ3n) is 3.79. The molecule has 2 nitrogen and oxygen atoms in total. The molecule has 3 unspecified atom stereocenters. The molecule has 0 saturated carbocycles. The van der Waals surface area contributed by atoms with E-state index in [-0.39, 0.29) is 6.04 Å². The highest BCUT2D eigenvalue weighted by molar-refractivity contribution is 7.10. The van der Waals surface area contributed by atoms with E-state index in [1.165, 1.54) is 12.8 Å². The van der Waals surface area contributed by atoms with Crippen molar-refractivity contribution in [2.45, 2.75) is 44.8 Å². The van der Waals surface area contributed by atoms with Crippen molar-refractivity contribution in [1.29, 1.82) is 0 Å². The van der Waals surface area contributed by atoms with Crippen LogP contribution in [-0.2, 0) is 5.60 Å². The van der Waals surface area contributed by atoms with Gasteiger partial charge in [-0.05, 0) is 43.7 Å². The Kier molecular flexibility index (Phi) is 3.67. The van der Waals surface area contributed by atoms with Gasteiger partial charge < -0.3 is 10.4 Å². The van der Waals surface area contributed by atoms with Crippen LogP contribution in [0.3, 0.4) is 0 Å². The first-order chi connectivity index (χ1) is 7.64. The van der Waals surface area contributed by atoms with Crippen LogP contribution in [0.4, 0.5) is 0 Å². The highest BCUT2D eigenvalue weighted by Crippen LogP contribution is 2.34. The summed E-state index contributed by atoms with van der Waals surface area (Å²) in [6.07, 6.45) is 3.55. The van der Waals surface area contributed by atoms with Crippen LogP contribution >= 0.6 is 11.3 Å². The fourth-order valence-electron chi connectivity index (χ4n) is 2.53. The zero-order chi connectivity index (χ0) is 11.6. The fraction of sp³-hybridized carbons (Fsp3) is 0.692. The van der Waals surface area contributed by atoms with Crippen molar-refractivity contribution in [1.82, 2.24) is 5.32 Å². The third-order valence-corrected chi connectivity index (χ3v) is 4.88. The lowest BCUT2D eigenvalue weighted by atomic mass is 9.82. The normalized spacial score (nSPS) is 29.9. The number of nitrogens with one attached hydrogen (secondary N) is 1. The first-order valence-corrected chi connectivity index (χ1v) is 7.02. The number of hydrogen-bond donors (Lipinski definition) is 2. The van der Waals surface area contributed by atoms with Crippen molar-refractivity contribution < 1.29 is 5.11 Å². The molecular weight excluding hydrogens is 218 g/mol. The zero-order valence-corrected chi connectivity index (χ0v) is 10.9. The zero-order valence-electron chi connectivity index (χ0n) is 10.1. The molecule has 1 aliphatic heterocycles. The van der Waals surface area contributed by atoms with Gasteiger partial charge in [0.25, 0.3) is 0 Å². The Labute approximate surface area is 102 Å². The van der Waals surface area contributed by atoms with Crippen molar-refractivity contribution in [3.63, 3.8) is 0 Å². The summed E-state index contributed by atoms with van der Waals surface area (Å²) < 4.78 is 0. The Morgan fingerprint density at radius 3 is 3.06 bits per heavy atom. The molecule has 3 heteroatoms. The van der Waals surface area contributed by atoms with Gasteiger partial charge >= 0.3 is 0 Å². The number of thiophene rings is 1. The van der Waals surface area contributed by atoms with Crippen molar-refractivity contribution >= 4 is 11.3 Å². The monoisotopic (exact) mass is 239 g/mol. The number of piperidine rings is 1. The molecule has 1 aromatic rings. The molecule has 90 valence electrons. The maximum Gasteiger partial charge on any atom is 0.111 e. The predicted molar refractivity (Wildman–Crippen MR) is 68.7 cm³/mol. The van der Waals surface area contributed by atoms with Crippen LogP contribution in [0.1, 0.15) is 38.0 Å². The van der Waals surface area contributed by atoms with Gasteiger partial charge in [-0.1, -0.05) is 19.4 Å². The van der Waals surface area contributed by atoms with Crippen LogP contribution in [0.5, 0.6) is 0 Å². The molecule has 0 aromatic carbocycles. The molecule has 2 rings (SSSR count). The summed E-state index contributed by atoms with van der Waals surface area (Å²) in [5.41, 5.74) is -0.720. The van der Waals surface area contributed by atoms with Crippen molar-refractivity contribution in [2.75, 3.05) is 6.54 Å². The summed E-state index contributed by atoms with van der Waals surface area (Å²) >= 11 is 1.64. The van der Waals surface area contributed by atoms with E-state index < -0.39 is 5.60 Å². The van der Waals surface area contributed by atoms with Crippen molar-refractivity contribution in [3.05, 3.63) is 22.4 Å². The van der Waals surface area contributed by atoms with Crippen LogP contribution in [0, 0.1) is 5.92 Å². The summed E-state index contributed by atoms with van der Waals surface area (Å²) in [6.45, 7) is 5.21. The van der Waals surface area contributed by atoms with Crippen LogP contribution < -0.4 is 5.32 Å². The summed E-state index contributed by atoms with van der Waals surface area (Å²) in [5, 5.41) is 16.2. The van der Waals surface area contributed by atoms with Crippen LogP contribution in [0.2, 0.25) is 0 Å². The van der Waals surface area contributed by atoms with E-state index in [1.54, 1.807) is 11.3 Å². The van der Waals surface area contributed by atoms with E-state index in [1.807, 2.05) is 24.4 Å². The summed E-state index contributed by atoms with van der Waals surface area (Å²) in [7, 11) is 0. The minimum Gasteiger partial charge on any atom is -0.383 e. The van der Waals surface area contributed by atoms with Crippen molar-refractivity contribution in [3.8, 4) is 0 Å². The summed E-state index contributed by atoms with van der Waals surface area (Å²) in [5.74, 6) is 0.762. The molecule has 1 aromatic heterocycles. The van der Waals surface area contributed by atoms with Crippen LogP contribution in [0.25, 0.3) is 0 Å². The molecule has 0 amide bonds. The number of hydrogen-bond acceptors (Lipinski definition) is 3. The minimum absolute atomic E-state index is 0.199. The van der Waals surface area contributed by atoms with Gasteiger partial charge in [-0.2, -0.15) is 0 Å². The van der Waals surface area contributed by atoms with E-state index in [9.17, 15) is 5.11 Å². The van der Waals surface area contributed by atoms with Gasteiger partial charge in [0, 0.05) is 10.9 Å². The lowest BCUT2D eigenvalue weighted by Crippen LogP contribution is -2.50. The molecule has 3 atom stereocenters. The topological polar surface area (TPSA) is 32.3 Å². The molecule has 0 spiro atoms. The minimum atomic E-state index is -0.720. The Balaban J connectivity index is 2.11. The molecule has 2 N–H and O–H groups in total. The van der Waals surface area contributed by atoms with E-state index in [2.05, 4.69) is 12.2 Å². The number of aliphatic hydroxyl groups is 1. The molecule has 1 aliphatic rings. The molecule has 2 heterocycles.